The van der Waals surface area contributed by atoms with Crippen molar-refractivity contribution in [3.8, 4) is 0 Å². The lowest BCUT2D eigenvalue weighted by atomic mass is 10.0. The molecule has 3 atom stereocenters. The topological polar surface area (TPSA) is 95.9 Å². The van der Waals surface area contributed by atoms with Crippen LogP contribution in [0.2, 0.25) is 0 Å². The van der Waals surface area contributed by atoms with Crippen molar-refractivity contribution < 1.29 is 24.5 Å². The standard InChI is InChI=1S/C62H117NO5/c1-4-7-10-13-16-19-22-25-28-30-31-34-37-40-43-46-49-52-55-62(67)68-58(53-50-47-44-41-38-35-33-29-26-23-20-17-14-11-8-5-2)56-61(66)63-59(57-64)60(65)54-51-48-45-42-39-36-32-27-24-21-18-15-12-9-6-3/h23,26,29,33,35,38,58-60,64-65H,4-22,24-25,27-28,30-32,34,36-37,39-57H2,1-3H3,(H,63,66)/b26-23+,33-29+,38-35+. The number of hydrogen-bond acceptors (Lipinski definition) is 5. The Hall–Kier alpha value is -1.92. The smallest absolute Gasteiger partial charge is 0.306 e. The maximum atomic E-state index is 13.3. The number of ether oxygens (including phenoxy) is 1. The van der Waals surface area contributed by atoms with Gasteiger partial charge in [0.05, 0.1) is 25.2 Å². The van der Waals surface area contributed by atoms with Crippen molar-refractivity contribution in [1.29, 1.82) is 0 Å². The number of carbonyl (C=O) groups is 2. The van der Waals surface area contributed by atoms with Crippen molar-refractivity contribution in [2.75, 3.05) is 6.61 Å². The van der Waals surface area contributed by atoms with E-state index in [1.165, 1.54) is 205 Å². The van der Waals surface area contributed by atoms with Gasteiger partial charge in [-0.1, -0.05) is 295 Å². The molecule has 0 radical (unpaired) electrons. The van der Waals surface area contributed by atoms with Crippen molar-refractivity contribution >= 4 is 11.9 Å². The molecule has 0 aliphatic rings. The molecule has 1 amide bonds. The fourth-order valence-corrected chi connectivity index (χ4v) is 9.44. The van der Waals surface area contributed by atoms with Gasteiger partial charge in [-0.2, -0.15) is 0 Å². The lowest BCUT2D eigenvalue weighted by Crippen LogP contribution is -2.46. The molecule has 6 nitrogen and oxygen atoms in total. The van der Waals surface area contributed by atoms with Crippen molar-refractivity contribution in [2.45, 2.75) is 341 Å². The van der Waals surface area contributed by atoms with Crippen molar-refractivity contribution in [2.24, 2.45) is 0 Å². The van der Waals surface area contributed by atoms with Crippen LogP contribution in [0.3, 0.4) is 0 Å². The highest BCUT2D eigenvalue weighted by atomic mass is 16.5. The zero-order valence-corrected chi connectivity index (χ0v) is 45.8. The SMILES string of the molecule is CCCCCCC/C=C/C=C/C=C/CCCCCC(CC(=O)NC(CO)C(O)CCCCCCCCCCCCCCCCC)OC(=O)CCCCCCCCCCCCCCCCCCCC. The summed E-state index contributed by atoms with van der Waals surface area (Å²) in [6, 6.07) is -0.711. The molecule has 0 saturated heterocycles. The van der Waals surface area contributed by atoms with E-state index in [4.69, 9.17) is 4.74 Å². The minimum absolute atomic E-state index is 0.0595. The number of carbonyl (C=O) groups excluding carboxylic acids is 2. The Morgan fingerprint density at radius 1 is 0.426 bits per heavy atom. The molecular formula is C62H117NO5. The van der Waals surface area contributed by atoms with E-state index in [1.54, 1.807) is 0 Å². The van der Waals surface area contributed by atoms with Crippen molar-refractivity contribution in [3.63, 3.8) is 0 Å². The largest absolute Gasteiger partial charge is 0.462 e. The lowest BCUT2D eigenvalue weighted by molar-refractivity contribution is -0.151. The molecule has 68 heavy (non-hydrogen) atoms. The van der Waals surface area contributed by atoms with Crippen LogP contribution in [0, 0.1) is 0 Å². The summed E-state index contributed by atoms with van der Waals surface area (Å²) in [7, 11) is 0. The summed E-state index contributed by atoms with van der Waals surface area (Å²) in [6.45, 7) is 6.50. The molecule has 6 heteroatoms. The predicted molar refractivity (Wildman–Crippen MR) is 296 cm³/mol. The van der Waals surface area contributed by atoms with Gasteiger partial charge in [-0.25, -0.2) is 0 Å². The molecule has 0 heterocycles. The van der Waals surface area contributed by atoms with E-state index in [-0.39, 0.29) is 24.9 Å². The van der Waals surface area contributed by atoms with Gasteiger partial charge < -0.3 is 20.3 Å². The van der Waals surface area contributed by atoms with Crippen LogP contribution in [0.1, 0.15) is 323 Å². The summed E-state index contributed by atoms with van der Waals surface area (Å²) in [5.41, 5.74) is 0. The van der Waals surface area contributed by atoms with Crippen LogP contribution in [0.25, 0.3) is 0 Å². The number of allylic oxidation sites excluding steroid dienone is 6. The van der Waals surface area contributed by atoms with Gasteiger partial charge in [0.1, 0.15) is 6.10 Å². The molecule has 0 aliphatic heterocycles. The Kier molecular flexibility index (Phi) is 54.4. The van der Waals surface area contributed by atoms with Crippen LogP contribution < -0.4 is 5.32 Å². The summed E-state index contributed by atoms with van der Waals surface area (Å²) >= 11 is 0. The molecule has 400 valence electrons. The van der Waals surface area contributed by atoms with E-state index < -0.39 is 18.2 Å². The van der Waals surface area contributed by atoms with E-state index in [2.05, 4.69) is 62.5 Å². The average molecular weight is 957 g/mol. The first-order valence-corrected chi connectivity index (χ1v) is 30.2. The van der Waals surface area contributed by atoms with E-state index in [0.29, 0.717) is 19.3 Å². The minimum Gasteiger partial charge on any atom is -0.462 e. The number of aliphatic hydroxyl groups excluding tert-OH is 2. The Bertz CT molecular complexity index is 1120. The molecule has 3 N–H and O–H groups in total. The molecule has 3 unspecified atom stereocenters. The third kappa shape index (κ3) is 50.5. The first kappa shape index (κ1) is 66.1. The molecule has 0 rings (SSSR count). The number of unbranched alkanes of at least 4 members (excludes halogenated alkanes) is 39. The highest BCUT2D eigenvalue weighted by molar-refractivity contribution is 5.77. The summed E-state index contributed by atoms with van der Waals surface area (Å²) in [6.07, 6.45) is 67.8. The number of nitrogens with one attached hydrogen (secondary N) is 1. The van der Waals surface area contributed by atoms with Gasteiger partial charge in [0.2, 0.25) is 5.91 Å². The molecule has 0 aliphatic carbocycles. The fraction of sp³-hybridized carbons (Fsp3) is 0.871. The van der Waals surface area contributed by atoms with Crippen LogP contribution in [0.5, 0.6) is 0 Å². The highest BCUT2D eigenvalue weighted by Gasteiger charge is 2.24. The van der Waals surface area contributed by atoms with E-state index in [1.807, 2.05) is 0 Å². The van der Waals surface area contributed by atoms with E-state index >= 15 is 0 Å². The minimum atomic E-state index is -0.796. The first-order valence-electron chi connectivity index (χ1n) is 30.2. The Morgan fingerprint density at radius 2 is 0.750 bits per heavy atom. The highest BCUT2D eigenvalue weighted by Crippen LogP contribution is 2.19. The number of hydrogen-bond donors (Lipinski definition) is 3. The van der Waals surface area contributed by atoms with Crippen LogP contribution in [-0.4, -0.2) is 46.9 Å². The number of esters is 1. The Balaban J connectivity index is 4.57. The normalized spacial score (nSPS) is 13.3. The molecule has 0 aromatic rings. The predicted octanol–water partition coefficient (Wildman–Crippen LogP) is 18.8. The first-order chi connectivity index (χ1) is 33.5. The van der Waals surface area contributed by atoms with E-state index in [0.717, 1.165) is 70.6 Å². The third-order valence-corrected chi connectivity index (χ3v) is 14.0. The summed E-state index contributed by atoms with van der Waals surface area (Å²) < 4.78 is 5.96. The lowest BCUT2D eigenvalue weighted by Gasteiger charge is -2.24. The molecule has 0 fully saturated rings. The van der Waals surface area contributed by atoms with Crippen LogP contribution in [0.4, 0.5) is 0 Å². The quantitative estimate of drug-likeness (QED) is 0.0321. The summed E-state index contributed by atoms with van der Waals surface area (Å²) in [5, 5.41) is 23.9. The maximum Gasteiger partial charge on any atom is 0.306 e. The summed E-state index contributed by atoms with van der Waals surface area (Å²) in [4.78, 5) is 26.3. The van der Waals surface area contributed by atoms with Crippen LogP contribution >= 0.6 is 0 Å². The second-order valence-corrected chi connectivity index (χ2v) is 20.8. The molecule has 0 bridgehead atoms. The second-order valence-electron chi connectivity index (χ2n) is 20.8. The van der Waals surface area contributed by atoms with Gasteiger partial charge in [-0.15, -0.1) is 0 Å². The van der Waals surface area contributed by atoms with Crippen LogP contribution in [0.15, 0.2) is 36.5 Å². The summed E-state index contributed by atoms with van der Waals surface area (Å²) in [5.74, 6) is -0.489. The number of aliphatic hydroxyl groups is 2. The third-order valence-electron chi connectivity index (χ3n) is 14.0. The van der Waals surface area contributed by atoms with Gasteiger partial charge in [0, 0.05) is 6.42 Å². The molecule has 0 aromatic heterocycles. The fourth-order valence-electron chi connectivity index (χ4n) is 9.44. The molecule has 0 aromatic carbocycles. The number of amides is 1. The molecule has 0 spiro atoms. The van der Waals surface area contributed by atoms with Crippen molar-refractivity contribution in [1.82, 2.24) is 5.32 Å². The second kappa shape index (κ2) is 56.0. The van der Waals surface area contributed by atoms with Crippen molar-refractivity contribution in [3.05, 3.63) is 36.5 Å². The Morgan fingerprint density at radius 3 is 1.13 bits per heavy atom. The van der Waals surface area contributed by atoms with Gasteiger partial charge in [0.15, 0.2) is 0 Å². The van der Waals surface area contributed by atoms with Crippen LogP contribution in [-0.2, 0) is 14.3 Å². The monoisotopic (exact) mass is 956 g/mol. The van der Waals surface area contributed by atoms with Gasteiger partial charge >= 0.3 is 5.97 Å². The maximum absolute atomic E-state index is 13.3. The molecular weight excluding hydrogens is 839 g/mol. The Labute approximate surface area is 424 Å². The van der Waals surface area contributed by atoms with Gasteiger partial charge in [-0.05, 0) is 51.4 Å². The van der Waals surface area contributed by atoms with Gasteiger partial charge in [-0.3, -0.25) is 9.59 Å². The average Bonchev–Trinajstić information content (AvgIpc) is 3.33. The van der Waals surface area contributed by atoms with Gasteiger partial charge in [0.25, 0.3) is 0 Å². The van der Waals surface area contributed by atoms with E-state index in [9.17, 15) is 19.8 Å². The zero-order chi connectivity index (χ0) is 49.5. The number of rotatable bonds is 55. The molecule has 0 saturated carbocycles. The zero-order valence-electron chi connectivity index (χ0n) is 45.8.